The Morgan fingerprint density at radius 1 is 0.222 bits per heavy atom. The van der Waals surface area contributed by atoms with Crippen molar-refractivity contribution in [2.75, 3.05) is 0 Å². The van der Waals surface area contributed by atoms with Gasteiger partial charge < -0.3 is 9.13 Å². The van der Waals surface area contributed by atoms with Gasteiger partial charge in [-0.2, -0.15) is 10.5 Å². The van der Waals surface area contributed by atoms with Gasteiger partial charge in [-0.3, -0.25) is 0 Å². The van der Waals surface area contributed by atoms with Crippen LogP contribution in [0.5, 0.6) is 0 Å². The van der Waals surface area contributed by atoms with Crippen molar-refractivity contribution in [2.45, 2.75) is 0 Å². The van der Waals surface area contributed by atoms with Gasteiger partial charge in [0, 0.05) is 66.1 Å². The molecule has 6 heterocycles. The molecule has 10 aromatic carbocycles. The van der Waals surface area contributed by atoms with E-state index in [0.29, 0.717) is 22.5 Å². The molecule has 0 aliphatic rings. The largest absolute Gasteiger partial charge is 0.308 e. The average Bonchev–Trinajstić information content (AvgIpc) is 1.57. The molecule has 0 bridgehead atoms. The number of hydrogen-bond donors (Lipinski definition) is 0. The van der Waals surface area contributed by atoms with Crippen LogP contribution in [0.25, 0.3) is 156 Å². The number of pyridine rings is 4. The summed E-state index contributed by atoms with van der Waals surface area (Å²) in [5.41, 5.74) is 21.8. The highest BCUT2D eigenvalue weighted by molar-refractivity contribution is 6.13. The van der Waals surface area contributed by atoms with Crippen molar-refractivity contribution in [3.63, 3.8) is 0 Å². The van der Waals surface area contributed by atoms with Crippen molar-refractivity contribution in [3.05, 3.63) is 314 Å². The molecular formula is C82H50N8. The van der Waals surface area contributed by atoms with Gasteiger partial charge in [0.25, 0.3) is 0 Å². The van der Waals surface area contributed by atoms with Gasteiger partial charge in [0.1, 0.15) is 11.6 Å². The number of hydrogen-bond acceptors (Lipinski definition) is 6. The van der Waals surface area contributed by atoms with E-state index in [0.717, 1.165) is 145 Å². The number of nitriles is 2. The molecule has 0 N–H and O–H groups in total. The molecule has 418 valence electrons. The highest BCUT2D eigenvalue weighted by Gasteiger charge is 2.25. The molecule has 0 spiro atoms. The first kappa shape index (κ1) is 52.9. The van der Waals surface area contributed by atoms with Gasteiger partial charge in [-0.25, -0.2) is 19.9 Å². The SMILES string of the molecule is N#Cc1cccc(-c2cc(-n3c4cc(-c5cccc(-c6ccccc6)n5)ccc4c4ccc(-c5cccc(-c6ccccc6)n5)cc43)c(C#N)c(-n3c4cc(-c5cccc(-c6ccccc6)n5)ccc4c4ccc(-c5cccc(-c6ccccc6)n5)cc43)c2)c1. The third-order valence-electron chi connectivity index (χ3n) is 17.0. The van der Waals surface area contributed by atoms with Crippen LogP contribution in [0.3, 0.4) is 0 Å². The molecule has 0 unspecified atom stereocenters. The summed E-state index contributed by atoms with van der Waals surface area (Å²) in [5, 5.41) is 26.8. The van der Waals surface area contributed by atoms with E-state index in [-0.39, 0.29) is 0 Å². The second-order valence-corrected chi connectivity index (χ2v) is 22.4. The van der Waals surface area contributed by atoms with E-state index in [1.54, 1.807) is 0 Å². The summed E-state index contributed by atoms with van der Waals surface area (Å²) in [6, 6.07) is 109. The zero-order chi connectivity index (χ0) is 60.1. The van der Waals surface area contributed by atoms with Crippen LogP contribution in [0.4, 0.5) is 0 Å². The minimum absolute atomic E-state index is 0.432. The third kappa shape index (κ3) is 9.51. The molecule has 0 radical (unpaired) electrons. The van der Waals surface area contributed by atoms with Crippen LogP contribution in [0, 0.1) is 22.7 Å². The van der Waals surface area contributed by atoms with Crippen LogP contribution in [0.15, 0.2) is 303 Å². The summed E-state index contributed by atoms with van der Waals surface area (Å²) in [6.07, 6.45) is 0. The highest BCUT2D eigenvalue weighted by atomic mass is 15.0. The summed E-state index contributed by atoms with van der Waals surface area (Å²) in [5.74, 6) is 0. The lowest BCUT2D eigenvalue weighted by molar-refractivity contribution is 1.12. The molecular weight excluding hydrogens is 1100 g/mol. The summed E-state index contributed by atoms with van der Waals surface area (Å²) in [6.45, 7) is 0. The molecule has 0 aliphatic heterocycles. The predicted octanol–water partition coefficient (Wildman–Crippen LogP) is 20.2. The smallest absolute Gasteiger partial charge is 0.104 e. The van der Waals surface area contributed by atoms with Crippen molar-refractivity contribution < 1.29 is 0 Å². The Kier molecular flexibility index (Phi) is 13.1. The number of nitrogens with zero attached hydrogens (tertiary/aromatic N) is 8. The molecule has 16 rings (SSSR count). The van der Waals surface area contributed by atoms with E-state index >= 15 is 0 Å². The summed E-state index contributed by atoms with van der Waals surface area (Å²) < 4.78 is 4.50. The zero-order valence-corrected chi connectivity index (χ0v) is 48.4. The Hall–Kier alpha value is -12.6. The van der Waals surface area contributed by atoms with Crippen LogP contribution in [-0.2, 0) is 0 Å². The summed E-state index contributed by atoms with van der Waals surface area (Å²) in [4.78, 5) is 21.1. The molecule has 0 amide bonds. The molecule has 8 nitrogen and oxygen atoms in total. The number of aromatic nitrogens is 6. The first-order chi connectivity index (χ1) is 44.5. The molecule has 0 fully saturated rings. The summed E-state index contributed by atoms with van der Waals surface area (Å²) >= 11 is 0. The van der Waals surface area contributed by atoms with Crippen LogP contribution < -0.4 is 0 Å². The van der Waals surface area contributed by atoms with Crippen molar-refractivity contribution in [1.29, 1.82) is 10.5 Å². The topological polar surface area (TPSA) is 109 Å². The number of benzene rings is 10. The average molecular weight is 1150 g/mol. The second kappa shape index (κ2) is 22.3. The lowest BCUT2D eigenvalue weighted by Crippen LogP contribution is -2.05. The van der Waals surface area contributed by atoms with Gasteiger partial charge in [-0.1, -0.05) is 206 Å². The minimum atomic E-state index is 0.432. The standard InChI is InChI=1S/C82H50N8/c83-51-53-18-13-27-58(44-53)63-49-81(89-77-45-59(73-32-14-28-69(85-73)54-19-5-1-6-20-54)36-40-64(77)65-41-37-60(46-78(65)89)74-33-15-29-70(86-74)55-21-7-2-8-22-55)68(52-84)82(50-63)90-79-47-61(75-34-16-30-71(87-75)56-23-9-3-10-24-56)38-42-66(79)67-43-39-62(48-80(67)90)76-35-17-31-72(88-76)57-25-11-4-12-26-57/h1-50H. The number of rotatable bonds is 11. The lowest BCUT2D eigenvalue weighted by Gasteiger charge is -2.19. The Balaban J connectivity index is 0.996. The molecule has 90 heavy (non-hydrogen) atoms. The number of fused-ring (bicyclic) bond motifs is 6. The quantitative estimate of drug-likeness (QED) is 0.128. The fourth-order valence-corrected chi connectivity index (χ4v) is 12.7. The van der Waals surface area contributed by atoms with E-state index in [2.05, 4.69) is 203 Å². The highest BCUT2D eigenvalue weighted by Crippen LogP contribution is 2.44. The maximum atomic E-state index is 12.4. The van der Waals surface area contributed by atoms with Crippen LogP contribution in [-0.4, -0.2) is 29.1 Å². The Morgan fingerprint density at radius 3 is 0.789 bits per heavy atom. The molecule has 6 aromatic heterocycles. The van der Waals surface area contributed by atoms with Gasteiger partial charge >= 0.3 is 0 Å². The van der Waals surface area contributed by atoms with Crippen LogP contribution in [0.1, 0.15) is 11.1 Å². The maximum Gasteiger partial charge on any atom is 0.104 e. The van der Waals surface area contributed by atoms with Crippen LogP contribution >= 0.6 is 0 Å². The van der Waals surface area contributed by atoms with Gasteiger partial charge in [0.15, 0.2) is 0 Å². The third-order valence-corrected chi connectivity index (χ3v) is 17.0. The zero-order valence-electron chi connectivity index (χ0n) is 48.4. The van der Waals surface area contributed by atoms with Crippen molar-refractivity contribution in [3.8, 4) is 125 Å². The molecule has 8 heteroatoms. The molecule has 0 saturated heterocycles. The molecule has 16 aromatic rings. The molecule has 0 aliphatic carbocycles. The fourth-order valence-electron chi connectivity index (χ4n) is 12.7. The Bertz CT molecular complexity index is 4970. The summed E-state index contributed by atoms with van der Waals surface area (Å²) in [7, 11) is 0. The first-order valence-corrected chi connectivity index (χ1v) is 29.9. The second-order valence-electron chi connectivity index (χ2n) is 22.4. The van der Waals surface area contributed by atoms with Crippen molar-refractivity contribution >= 4 is 43.6 Å². The van der Waals surface area contributed by atoms with Gasteiger partial charge in [0.2, 0.25) is 0 Å². The monoisotopic (exact) mass is 1150 g/mol. The van der Waals surface area contributed by atoms with E-state index in [9.17, 15) is 10.5 Å². The van der Waals surface area contributed by atoms with Gasteiger partial charge in [0.05, 0.1) is 90.6 Å². The van der Waals surface area contributed by atoms with Gasteiger partial charge in [-0.15, -0.1) is 0 Å². The van der Waals surface area contributed by atoms with Crippen molar-refractivity contribution in [2.24, 2.45) is 0 Å². The maximum absolute atomic E-state index is 12.4. The Labute approximate surface area is 519 Å². The molecule has 0 saturated carbocycles. The van der Waals surface area contributed by atoms with Crippen LogP contribution in [0.2, 0.25) is 0 Å². The normalized spacial score (nSPS) is 11.3. The van der Waals surface area contributed by atoms with Gasteiger partial charge in [-0.05, 0) is 108 Å². The first-order valence-electron chi connectivity index (χ1n) is 29.9. The minimum Gasteiger partial charge on any atom is -0.308 e. The predicted molar refractivity (Wildman–Crippen MR) is 365 cm³/mol. The fraction of sp³-hybridized carbons (Fsp3) is 0. The molecule has 0 atom stereocenters. The van der Waals surface area contributed by atoms with E-state index < -0.39 is 0 Å². The Morgan fingerprint density at radius 2 is 0.500 bits per heavy atom. The van der Waals surface area contributed by atoms with E-state index in [1.165, 1.54) is 0 Å². The van der Waals surface area contributed by atoms with E-state index in [1.807, 2.05) is 121 Å². The lowest BCUT2D eigenvalue weighted by atomic mass is 9.98. The van der Waals surface area contributed by atoms with Crippen molar-refractivity contribution in [1.82, 2.24) is 29.1 Å². The van der Waals surface area contributed by atoms with E-state index in [4.69, 9.17) is 19.9 Å².